The summed E-state index contributed by atoms with van der Waals surface area (Å²) in [5.41, 5.74) is 6.31. The van der Waals surface area contributed by atoms with Gasteiger partial charge in [-0.05, 0) is 49.1 Å². The Kier molecular flexibility index (Phi) is 3.06. The topological polar surface area (TPSA) is 43.1 Å². The quantitative estimate of drug-likeness (QED) is 0.794. The van der Waals surface area contributed by atoms with Crippen LogP contribution in [0.1, 0.15) is 36.0 Å². The van der Waals surface area contributed by atoms with Gasteiger partial charge < -0.3 is 5.73 Å². The first-order chi connectivity index (χ1) is 7.65. The van der Waals surface area contributed by atoms with E-state index in [1.807, 2.05) is 0 Å². The van der Waals surface area contributed by atoms with E-state index in [1.165, 1.54) is 12.1 Å². The first-order valence-corrected chi connectivity index (χ1v) is 5.64. The van der Waals surface area contributed by atoms with E-state index in [0.717, 1.165) is 19.3 Å². The third-order valence-corrected chi connectivity index (χ3v) is 3.55. The molecule has 16 heavy (non-hydrogen) atoms. The molecule has 0 aliphatic heterocycles. The van der Waals surface area contributed by atoms with E-state index >= 15 is 0 Å². The second-order valence-corrected chi connectivity index (χ2v) is 4.66. The van der Waals surface area contributed by atoms with Crippen LogP contribution in [-0.4, -0.2) is 12.3 Å². The lowest BCUT2D eigenvalue weighted by molar-refractivity contribution is 0.0786. The van der Waals surface area contributed by atoms with Gasteiger partial charge in [0.05, 0.1) is 0 Å². The van der Waals surface area contributed by atoms with Crippen molar-refractivity contribution in [3.8, 4) is 0 Å². The number of hydrogen-bond acceptors (Lipinski definition) is 2. The first-order valence-electron chi connectivity index (χ1n) is 5.64. The van der Waals surface area contributed by atoms with E-state index in [1.54, 1.807) is 12.1 Å². The van der Waals surface area contributed by atoms with Crippen LogP contribution in [0.4, 0.5) is 4.39 Å². The molecule has 0 amide bonds. The molecular formula is C13H16FNO. The van der Waals surface area contributed by atoms with Gasteiger partial charge in [-0.1, -0.05) is 6.42 Å². The molecule has 0 heterocycles. The fraction of sp³-hybridized carbons (Fsp3) is 0.462. The number of carbonyl (C=O) groups excluding carboxylic acids is 1. The lowest BCUT2D eigenvalue weighted by Gasteiger charge is -2.40. The molecular weight excluding hydrogens is 205 g/mol. The number of ketones is 1. The van der Waals surface area contributed by atoms with Crippen molar-refractivity contribution in [3.63, 3.8) is 0 Å². The van der Waals surface area contributed by atoms with E-state index in [2.05, 4.69) is 0 Å². The Labute approximate surface area is 94.6 Å². The molecule has 0 spiro atoms. The lowest BCUT2D eigenvalue weighted by Crippen LogP contribution is -2.39. The molecule has 0 radical (unpaired) electrons. The minimum atomic E-state index is -0.311. The third-order valence-electron chi connectivity index (χ3n) is 3.55. The maximum atomic E-state index is 12.7. The van der Waals surface area contributed by atoms with Gasteiger partial charge in [-0.2, -0.15) is 0 Å². The van der Waals surface area contributed by atoms with Gasteiger partial charge in [0.25, 0.3) is 0 Å². The standard InChI is InChI=1S/C13H16FNO/c14-11-4-2-10(3-5-11)12(16)8-13(9-15)6-1-7-13/h2-5H,1,6-9,15H2. The SMILES string of the molecule is NCC1(CC(=O)c2ccc(F)cc2)CCC1. The highest BCUT2D eigenvalue weighted by Crippen LogP contribution is 2.43. The Morgan fingerprint density at radius 3 is 2.38 bits per heavy atom. The molecule has 0 saturated heterocycles. The summed E-state index contributed by atoms with van der Waals surface area (Å²) in [6.07, 6.45) is 3.73. The van der Waals surface area contributed by atoms with Gasteiger partial charge in [-0.15, -0.1) is 0 Å². The van der Waals surface area contributed by atoms with Gasteiger partial charge in [0.2, 0.25) is 0 Å². The van der Waals surface area contributed by atoms with Crippen molar-refractivity contribution in [3.05, 3.63) is 35.6 Å². The summed E-state index contributed by atoms with van der Waals surface area (Å²) in [5.74, 6) is -0.237. The van der Waals surface area contributed by atoms with E-state index in [-0.39, 0.29) is 17.0 Å². The molecule has 2 rings (SSSR count). The van der Waals surface area contributed by atoms with E-state index in [9.17, 15) is 9.18 Å². The van der Waals surface area contributed by atoms with Crippen LogP contribution in [0.3, 0.4) is 0 Å². The maximum Gasteiger partial charge on any atom is 0.163 e. The van der Waals surface area contributed by atoms with Crippen LogP contribution in [-0.2, 0) is 0 Å². The molecule has 2 nitrogen and oxygen atoms in total. The number of Topliss-reactive ketones (excluding diaryl/α,β-unsaturated/α-hetero) is 1. The smallest absolute Gasteiger partial charge is 0.163 e. The molecule has 1 aromatic carbocycles. The Balaban J connectivity index is 2.05. The molecule has 0 atom stereocenters. The molecule has 2 N–H and O–H groups in total. The molecule has 0 unspecified atom stereocenters. The fourth-order valence-electron chi connectivity index (χ4n) is 2.21. The number of rotatable bonds is 4. The molecule has 1 aromatic rings. The van der Waals surface area contributed by atoms with Gasteiger partial charge >= 0.3 is 0 Å². The van der Waals surface area contributed by atoms with Crippen molar-refractivity contribution >= 4 is 5.78 Å². The van der Waals surface area contributed by atoms with Crippen molar-refractivity contribution in [2.75, 3.05) is 6.54 Å². The van der Waals surface area contributed by atoms with Gasteiger partial charge in [-0.25, -0.2) is 4.39 Å². The summed E-state index contributed by atoms with van der Waals surface area (Å²) >= 11 is 0. The third kappa shape index (κ3) is 2.14. The summed E-state index contributed by atoms with van der Waals surface area (Å²) in [6, 6.07) is 5.73. The summed E-state index contributed by atoms with van der Waals surface area (Å²) < 4.78 is 12.7. The van der Waals surface area contributed by atoms with Gasteiger partial charge in [0.1, 0.15) is 5.82 Å². The highest BCUT2D eigenvalue weighted by atomic mass is 19.1. The highest BCUT2D eigenvalue weighted by molar-refractivity contribution is 5.96. The number of hydrogen-bond donors (Lipinski definition) is 1. The predicted molar refractivity (Wildman–Crippen MR) is 60.7 cm³/mol. The Morgan fingerprint density at radius 1 is 1.31 bits per heavy atom. The van der Waals surface area contributed by atoms with Crippen molar-refractivity contribution in [1.82, 2.24) is 0 Å². The minimum absolute atomic E-state index is 0.0193. The van der Waals surface area contributed by atoms with Crippen LogP contribution in [0.5, 0.6) is 0 Å². The van der Waals surface area contributed by atoms with Crippen molar-refractivity contribution < 1.29 is 9.18 Å². The maximum absolute atomic E-state index is 12.7. The molecule has 0 bridgehead atoms. The molecule has 1 aliphatic carbocycles. The number of carbonyl (C=O) groups is 1. The number of nitrogens with two attached hydrogens (primary N) is 1. The second kappa shape index (κ2) is 4.34. The average molecular weight is 221 g/mol. The van der Waals surface area contributed by atoms with Gasteiger partial charge in [-0.3, -0.25) is 4.79 Å². The molecule has 86 valence electrons. The first kappa shape index (κ1) is 11.3. The Morgan fingerprint density at radius 2 is 1.94 bits per heavy atom. The van der Waals surface area contributed by atoms with Crippen LogP contribution >= 0.6 is 0 Å². The Hall–Kier alpha value is -1.22. The van der Waals surface area contributed by atoms with E-state index < -0.39 is 0 Å². The summed E-state index contributed by atoms with van der Waals surface area (Å²) in [6.45, 7) is 0.569. The lowest BCUT2D eigenvalue weighted by atomic mass is 9.65. The summed E-state index contributed by atoms with van der Waals surface area (Å²) in [7, 11) is 0. The second-order valence-electron chi connectivity index (χ2n) is 4.66. The zero-order chi connectivity index (χ0) is 11.6. The molecule has 1 fully saturated rings. The number of benzene rings is 1. The predicted octanol–water partition coefficient (Wildman–Crippen LogP) is 2.53. The fourth-order valence-corrected chi connectivity index (χ4v) is 2.21. The van der Waals surface area contributed by atoms with Gasteiger partial charge in [0, 0.05) is 12.0 Å². The van der Waals surface area contributed by atoms with Crippen LogP contribution in [0.25, 0.3) is 0 Å². The zero-order valence-electron chi connectivity index (χ0n) is 9.21. The summed E-state index contributed by atoms with van der Waals surface area (Å²) in [4.78, 5) is 11.9. The average Bonchev–Trinajstić information content (AvgIpc) is 2.24. The van der Waals surface area contributed by atoms with Crippen LogP contribution < -0.4 is 5.73 Å². The largest absolute Gasteiger partial charge is 0.330 e. The molecule has 3 heteroatoms. The monoisotopic (exact) mass is 221 g/mol. The highest BCUT2D eigenvalue weighted by Gasteiger charge is 2.37. The van der Waals surface area contributed by atoms with Gasteiger partial charge in [0.15, 0.2) is 5.78 Å². The van der Waals surface area contributed by atoms with Crippen LogP contribution in [0.15, 0.2) is 24.3 Å². The molecule has 1 saturated carbocycles. The molecule has 0 aromatic heterocycles. The van der Waals surface area contributed by atoms with Crippen molar-refractivity contribution in [2.45, 2.75) is 25.7 Å². The zero-order valence-corrected chi connectivity index (χ0v) is 9.21. The minimum Gasteiger partial charge on any atom is -0.330 e. The van der Waals surface area contributed by atoms with E-state index in [0.29, 0.717) is 18.5 Å². The van der Waals surface area contributed by atoms with Crippen LogP contribution in [0, 0.1) is 11.2 Å². The Bertz CT molecular complexity index is 376. The van der Waals surface area contributed by atoms with Crippen molar-refractivity contribution in [2.24, 2.45) is 11.1 Å². The normalized spacial score (nSPS) is 17.9. The number of halogens is 1. The summed E-state index contributed by atoms with van der Waals surface area (Å²) in [5, 5.41) is 0. The molecule has 1 aliphatic rings. The van der Waals surface area contributed by atoms with Crippen LogP contribution in [0.2, 0.25) is 0 Å². The van der Waals surface area contributed by atoms with E-state index in [4.69, 9.17) is 5.73 Å². The van der Waals surface area contributed by atoms with Crippen molar-refractivity contribution in [1.29, 1.82) is 0 Å².